The monoisotopic (exact) mass is 443 g/mol. The Morgan fingerprint density at radius 2 is 1.81 bits per heavy atom. The molecule has 0 atom stereocenters. The second-order valence-corrected chi connectivity index (χ2v) is 9.67. The highest BCUT2D eigenvalue weighted by molar-refractivity contribution is 7.89. The van der Waals surface area contributed by atoms with Crippen LogP contribution in [0.1, 0.15) is 16.1 Å². The second-order valence-electron chi connectivity index (χ2n) is 7.53. The van der Waals surface area contributed by atoms with Gasteiger partial charge in [0.1, 0.15) is 5.58 Å². The quantitative estimate of drug-likeness (QED) is 0.440. The van der Waals surface area contributed by atoms with Gasteiger partial charge >= 0.3 is 0 Å². The number of carbonyl (C=O) groups excluding carboxylic acids is 1. The van der Waals surface area contributed by atoms with Gasteiger partial charge in [-0.15, -0.1) is 0 Å². The average Bonchev–Trinajstić information content (AvgIpc) is 3.10. The van der Waals surface area contributed by atoms with Crippen LogP contribution in [0.5, 0.6) is 0 Å². The molecule has 0 unspecified atom stereocenters. The Bertz CT molecular complexity index is 1260. The molecular weight excluding hydrogens is 422 g/mol. The van der Waals surface area contributed by atoms with E-state index in [2.05, 4.69) is 0 Å². The minimum Gasteiger partial charge on any atom is -0.451 e. The zero-order chi connectivity index (χ0) is 22.2. The van der Waals surface area contributed by atoms with E-state index in [-0.39, 0.29) is 23.1 Å². The van der Waals surface area contributed by atoms with Crippen LogP contribution in [0.2, 0.25) is 0 Å². The Labute approximate surface area is 178 Å². The van der Waals surface area contributed by atoms with Gasteiger partial charge in [0.05, 0.1) is 10.7 Å². The number of non-ortho nitro benzene ring substituents is 1. The van der Waals surface area contributed by atoms with Crippen molar-refractivity contribution in [2.24, 2.45) is 0 Å². The van der Waals surface area contributed by atoms with Gasteiger partial charge in [0.25, 0.3) is 11.6 Å². The summed E-state index contributed by atoms with van der Waals surface area (Å²) >= 11 is 0. The molecule has 0 radical (unpaired) electrons. The number of piperazine rings is 1. The molecule has 1 aromatic heterocycles. The van der Waals surface area contributed by atoms with Crippen molar-refractivity contribution in [1.29, 1.82) is 0 Å². The van der Waals surface area contributed by atoms with E-state index in [0.717, 1.165) is 11.9 Å². The van der Waals surface area contributed by atoms with Gasteiger partial charge in [-0.25, -0.2) is 8.42 Å². The molecule has 3 aromatic rings. The largest absolute Gasteiger partial charge is 0.451 e. The molecule has 31 heavy (non-hydrogen) atoms. The smallest absolute Gasteiger partial charge is 0.290 e. The number of nitro benzene ring substituents is 1. The summed E-state index contributed by atoms with van der Waals surface area (Å²) in [6, 6.07) is 13.4. The van der Waals surface area contributed by atoms with Crippen LogP contribution in [0, 0.1) is 10.1 Å². The van der Waals surface area contributed by atoms with Gasteiger partial charge in [-0.1, -0.05) is 24.3 Å². The molecule has 1 aliphatic heterocycles. The summed E-state index contributed by atoms with van der Waals surface area (Å²) in [4.78, 5) is 27.4. The van der Waals surface area contributed by atoms with E-state index >= 15 is 0 Å². The van der Waals surface area contributed by atoms with E-state index in [1.807, 2.05) is 4.90 Å². The van der Waals surface area contributed by atoms with E-state index < -0.39 is 14.8 Å². The number of furan rings is 1. The van der Waals surface area contributed by atoms with Gasteiger partial charge in [0, 0.05) is 61.2 Å². The number of benzene rings is 2. The van der Waals surface area contributed by atoms with Gasteiger partial charge in [-0.2, -0.15) is 0 Å². The number of hydrogen-bond donors (Lipinski definition) is 0. The highest BCUT2D eigenvalue weighted by atomic mass is 32.2. The number of amides is 1. The van der Waals surface area contributed by atoms with Crippen LogP contribution < -0.4 is 4.90 Å². The zero-order valence-electron chi connectivity index (χ0n) is 16.9. The molecular formula is C21H21N3O6S. The van der Waals surface area contributed by atoms with Crippen molar-refractivity contribution in [2.45, 2.75) is 5.75 Å². The number of carbonyl (C=O) groups is 1. The minimum absolute atomic E-state index is 0.0173. The first-order valence-corrected chi connectivity index (χ1v) is 11.8. The first-order valence-electron chi connectivity index (χ1n) is 9.70. The third-order valence-electron chi connectivity index (χ3n) is 5.27. The lowest BCUT2D eigenvalue weighted by atomic mass is 10.1. The van der Waals surface area contributed by atoms with Crippen LogP contribution in [0.25, 0.3) is 11.0 Å². The minimum atomic E-state index is -3.38. The van der Waals surface area contributed by atoms with Gasteiger partial charge in [-0.05, 0) is 12.1 Å². The number of anilines is 1. The van der Waals surface area contributed by atoms with E-state index in [4.69, 9.17) is 4.42 Å². The summed E-state index contributed by atoms with van der Waals surface area (Å²) in [7, 11) is -3.38. The van der Waals surface area contributed by atoms with E-state index in [1.54, 1.807) is 41.3 Å². The molecule has 10 heteroatoms. The maximum atomic E-state index is 13.2. The van der Waals surface area contributed by atoms with Crippen molar-refractivity contribution in [2.75, 3.05) is 37.3 Å². The number of nitrogens with zero attached hydrogens (tertiary/aromatic N) is 3. The van der Waals surface area contributed by atoms with Gasteiger partial charge < -0.3 is 14.2 Å². The van der Waals surface area contributed by atoms with Crippen molar-refractivity contribution in [3.8, 4) is 0 Å². The number of sulfone groups is 1. The number of nitro groups is 1. The fourth-order valence-corrected chi connectivity index (χ4v) is 4.60. The van der Waals surface area contributed by atoms with E-state index in [1.165, 1.54) is 12.1 Å². The number of para-hydroxylation sites is 1. The summed E-state index contributed by atoms with van der Waals surface area (Å²) in [6.45, 7) is 1.76. The Hall–Kier alpha value is -3.40. The fraction of sp³-hybridized carbons (Fsp3) is 0.286. The number of fused-ring (bicyclic) bond motifs is 1. The lowest BCUT2D eigenvalue weighted by Crippen LogP contribution is -2.48. The summed E-state index contributed by atoms with van der Waals surface area (Å²) in [6.07, 6.45) is 1.13. The number of rotatable bonds is 5. The molecule has 0 N–H and O–H groups in total. The Morgan fingerprint density at radius 1 is 1.10 bits per heavy atom. The molecule has 0 spiro atoms. The summed E-state index contributed by atoms with van der Waals surface area (Å²) in [5.74, 6) is -0.581. The summed E-state index contributed by atoms with van der Waals surface area (Å²) in [5, 5.41) is 11.6. The lowest BCUT2D eigenvalue weighted by Gasteiger charge is -2.35. The Morgan fingerprint density at radius 3 is 2.48 bits per heavy atom. The highest BCUT2D eigenvalue weighted by Crippen LogP contribution is 2.29. The first kappa shape index (κ1) is 20.9. The molecule has 2 aromatic carbocycles. The Balaban J connectivity index is 1.55. The lowest BCUT2D eigenvalue weighted by molar-refractivity contribution is -0.384. The van der Waals surface area contributed by atoms with Gasteiger partial charge in [-0.3, -0.25) is 14.9 Å². The van der Waals surface area contributed by atoms with Gasteiger partial charge in [0.2, 0.25) is 0 Å². The normalized spacial score (nSPS) is 14.7. The molecule has 1 saturated heterocycles. The molecule has 9 nitrogen and oxygen atoms in total. The topological polar surface area (TPSA) is 114 Å². The first-order chi connectivity index (χ1) is 14.7. The van der Waals surface area contributed by atoms with Crippen molar-refractivity contribution < 1.29 is 22.6 Å². The molecule has 1 aliphatic rings. The summed E-state index contributed by atoms with van der Waals surface area (Å²) in [5.41, 5.74) is 1.59. The molecule has 0 aliphatic carbocycles. The molecule has 2 heterocycles. The van der Waals surface area contributed by atoms with Crippen molar-refractivity contribution in [1.82, 2.24) is 4.90 Å². The highest BCUT2D eigenvalue weighted by Gasteiger charge is 2.29. The van der Waals surface area contributed by atoms with Gasteiger partial charge in [0.15, 0.2) is 15.6 Å². The van der Waals surface area contributed by atoms with Crippen LogP contribution in [0.3, 0.4) is 0 Å². The standard InChI is InChI=1S/C21H21N3O6S/c1-31(28,29)14-18-17-7-2-3-8-19(17)30-20(18)21(25)23-11-9-22(10-12-23)15-5-4-6-16(13-15)24(26)27/h2-8,13H,9-12,14H2,1H3. The summed E-state index contributed by atoms with van der Waals surface area (Å²) < 4.78 is 29.7. The predicted molar refractivity (Wildman–Crippen MR) is 116 cm³/mol. The molecule has 0 saturated carbocycles. The van der Waals surface area contributed by atoms with Crippen molar-refractivity contribution >= 4 is 38.1 Å². The average molecular weight is 443 g/mol. The zero-order valence-corrected chi connectivity index (χ0v) is 17.7. The maximum absolute atomic E-state index is 13.2. The third-order valence-corrected chi connectivity index (χ3v) is 6.08. The second kappa shape index (κ2) is 8.03. The molecule has 4 rings (SSSR count). The van der Waals surface area contributed by atoms with E-state index in [0.29, 0.717) is 42.7 Å². The fourth-order valence-electron chi connectivity index (χ4n) is 3.79. The van der Waals surface area contributed by atoms with Crippen LogP contribution >= 0.6 is 0 Å². The van der Waals surface area contributed by atoms with Crippen LogP contribution in [0.4, 0.5) is 11.4 Å². The van der Waals surface area contributed by atoms with E-state index in [9.17, 15) is 23.3 Å². The molecule has 162 valence electrons. The SMILES string of the molecule is CS(=O)(=O)Cc1c(C(=O)N2CCN(c3cccc([N+](=O)[O-])c3)CC2)oc2ccccc12. The molecule has 1 fully saturated rings. The number of hydrogen-bond acceptors (Lipinski definition) is 7. The van der Waals surface area contributed by atoms with Crippen LogP contribution in [-0.4, -0.2) is 56.6 Å². The molecule has 1 amide bonds. The molecule has 0 bridgehead atoms. The van der Waals surface area contributed by atoms with Crippen molar-refractivity contribution in [3.63, 3.8) is 0 Å². The maximum Gasteiger partial charge on any atom is 0.290 e. The Kier molecular flexibility index (Phi) is 5.40. The van der Waals surface area contributed by atoms with Crippen LogP contribution in [-0.2, 0) is 15.6 Å². The van der Waals surface area contributed by atoms with Crippen LogP contribution in [0.15, 0.2) is 52.9 Å². The van der Waals surface area contributed by atoms with Crippen molar-refractivity contribution in [3.05, 3.63) is 70.0 Å². The predicted octanol–water partition coefficient (Wildman–Crippen LogP) is 2.85. The third kappa shape index (κ3) is 4.38.